The Labute approximate surface area is 170 Å². The first-order valence-corrected chi connectivity index (χ1v) is 10.1. The Morgan fingerprint density at radius 2 is 1.07 bits per heavy atom. The van der Waals surface area contributed by atoms with Gasteiger partial charge in [-0.15, -0.1) is 0 Å². The second-order valence-corrected chi connectivity index (χ2v) is 7.30. The van der Waals surface area contributed by atoms with Gasteiger partial charge in [0, 0.05) is 25.2 Å². The van der Waals surface area contributed by atoms with Gasteiger partial charge >= 0.3 is 0 Å². The third-order valence-electron chi connectivity index (χ3n) is 4.97. The molecular formula is C22H38N4O2. The normalized spacial score (nSPS) is 12.6. The first-order valence-electron chi connectivity index (χ1n) is 10.1. The van der Waals surface area contributed by atoms with E-state index in [1.807, 2.05) is 14.1 Å². The zero-order valence-electron chi connectivity index (χ0n) is 19.3. The molecule has 0 amide bonds. The highest BCUT2D eigenvalue weighted by atomic mass is 16.6. The molecule has 0 radical (unpaired) electrons. The van der Waals surface area contributed by atoms with Gasteiger partial charge in [-0.1, -0.05) is 51.9 Å². The molecule has 1 aromatic rings. The van der Waals surface area contributed by atoms with Crippen molar-refractivity contribution >= 4 is 11.7 Å². The molecule has 2 N–H and O–H groups in total. The Kier molecular flexibility index (Phi) is 9.29. The molecule has 0 saturated heterocycles. The van der Waals surface area contributed by atoms with Gasteiger partial charge in [-0.25, -0.2) is 0 Å². The molecule has 0 bridgehead atoms. The summed E-state index contributed by atoms with van der Waals surface area (Å²) in [6, 6.07) is 0. The monoisotopic (exact) mass is 390 g/mol. The highest BCUT2D eigenvalue weighted by molar-refractivity contribution is 6.07. The molecule has 28 heavy (non-hydrogen) atoms. The molecule has 0 aliphatic rings. The molecule has 0 atom stereocenters. The fourth-order valence-electron chi connectivity index (χ4n) is 4.06. The van der Waals surface area contributed by atoms with Crippen LogP contribution in [0.5, 0.6) is 0 Å². The second-order valence-electron chi connectivity index (χ2n) is 7.30. The fraction of sp³-hybridized carbons (Fsp3) is 0.636. The van der Waals surface area contributed by atoms with Crippen molar-refractivity contribution in [2.75, 3.05) is 28.3 Å². The minimum atomic E-state index is 0.311. The van der Waals surface area contributed by atoms with Crippen molar-refractivity contribution in [2.24, 2.45) is 10.3 Å². The standard InChI is InChI=1S/C22H38N4O2/c1-11-15-17(13(3)4)20(22(24-8)26-28-10)16(12-2)18(14(5)6)19(15)21(23-7)25-27-9/h13-14H,11-12H2,1-10H3,(H,23,25)(H,24,26). The van der Waals surface area contributed by atoms with Crippen LogP contribution in [0.1, 0.15) is 86.8 Å². The Balaban J connectivity index is 4.30. The van der Waals surface area contributed by atoms with E-state index in [9.17, 15) is 0 Å². The van der Waals surface area contributed by atoms with Crippen molar-refractivity contribution in [3.8, 4) is 0 Å². The first kappa shape index (κ1) is 23.8. The molecule has 158 valence electrons. The van der Waals surface area contributed by atoms with E-state index in [1.165, 1.54) is 22.3 Å². The quantitative estimate of drug-likeness (QED) is 0.398. The van der Waals surface area contributed by atoms with Crippen LogP contribution in [0.4, 0.5) is 0 Å². The first-order chi connectivity index (χ1) is 13.3. The summed E-state index contributed by atoms with van der Waals surface area (Å²) in [5.41, 5.74) is 7.41. The minimum absolute atomic E-state index is 0.311. The number of amidine groups is 2. The third kappa shape index (κ3) is 4.59. The molecular weight excluding hydrogens is 352 g/mol. The summed E-state index contributed by atoms with van der Waals surface area (Å²) in [7, 11) is 6.95. The Hall–Kier alpha value is -2.24. The number of rotatable bonds is 8. The molecule has 0 spiro atoms. The molecule has 0 aromatic heterocycles. The summed E-state index contributed by atoms with van der Waals surface area (Å²) in [5.74, 6) is 2.15. The summed E-state index contributed by atoms with van der Waals surface area (Å²) in [6.07, 6.45) is 1.77. The lowest BCUT2D eigenvalue weighted by molar-refractivity contribution is 0.212. The van der Waals surface area contributed by atoms with E-state index in [0.717, 1.165) is 35.6 Å². The number of hydrogen-bond acceptors (Lipinski definition) is 4. The third-order valence-corrected chi connectivity index (χ3v) is 4.97. The van der Waals surface area contributed by atoms with Crippen molar-refractivity contribution in [3.05, 3.63) is 33.4 Å². The lowest BCUT2D eigenvalue weighted by atomic mass is 9.77. The maximum atomic E-state index is 5.16. The van der Waals surface area contributed by atoms with E-state index < -0.39 is 0 Å². The van der Waals surface area contributed by atoms with E-state index >= 15 is 0 Å². The van der Waals surface area contributed by atoms with Gasteiger partial charge in [-0.05, 0) is 46.9 Å². The van der Waals surface area contributed by atoms with Crippen LogP contribution in [0.25, 0.3) is 0 Å². The molecule has 1 aromatic carbocycles. The molecule has 0 saturated carbocycles. The van der Waals surface area contributed by atoms with Crippen LogP contribution in [0.3, 0.4) is 0 Å². The molecule has 0 aliphatic heterocycles. The van der Waals surface area contributed by atoms with E-state index in [0.29, 0.717) is 11.8 Å². The Morgan fingerprint density at radius 1 is 0.750 bits per heavy atom. The maximum absolute atomic E-state index is 5.16. The SMILES string of the molecule is CCc1c(/C(=N/OC)NC)c(C(C)C)c(CC)c(/C(=N/OC)NC)c1C(C)C. The summed E-state index contributed by atoms with van der Waals surface area (Å²) in [6.45, 7) is 13.3. The van der Waals surface area contributed by atoms with Crippen LogP contribution in [0, 0.1) is 0 Å². The number of nitrogens with zero attached hydrogens (tertiary/aromatic N) is 2. The zero-order valence-corrected chi connectivity index (χ0v) is 19.3. The average molecular weight is 391 g/mol. The number of nitrogens with one attached hydrogen (secondary N) is 2. The van der Waals surface area contributed by atoms with Crippen LogP contribution in [0.15, 0.2) is 10.3 Å². The van der Waals surface area contributed by atoms with Crippen molar-refractivity contribution in [3.63, 3.8) is 0 Å². The van der Waals surface area contributed by atoms with Crippen LogP contribution >= 0.6 is 0 Å². The predicted molar refractivity (Wildman–Crippen MR) is 119 cm³/mol. The van der Waals surface area contributed by atoms with Crippen molar-refractivity contribution < 1.29 is 9.68 Å². The predicted octanol–water partition coefficient (Wildman–Crippen LogP) is 4.11. The largest absolute Gasteiger partial charge is 0.397 e. The smallest absolute Gasteiger partial charge is 0.173 e. The summed E-state index contributed by atoms with van der Waals surface area (Å²) < 4.78 is 0. The zero-order chi connectivity index (χ0) is 21.4. The highest BCUT2D eigenvalue weighted by Gasteiger charge is 2.29. The molecule has 1 rings (SSSR count). The lowest BCUT2D eigenvalue weighted by Crippen LogP contribution is -2.30. The van der Waals surface area contributed by atoms with Crippen LogP contribution < -0.4 is 10.6 Å². The molecule has 0 unspecified atom stereocenters. The van der Waals surface area contributed by atoms with Crippen molar-refractivity contribution in [1.29, 1.82) is 0 Å². The van der Waals surface area contributed by atoms with Gasteiger partial charge < -0.3 is 20.3 Å². The van der Waals surface area contributed by atoms with Crippen molar-refractivity contribution in [1.82, 2.24) is 10.6 Å². The highest BCUT2D eigenvalue weighted by Crippen LogP contribution is 2.38. The maximum Gasteiger partial charge on any atom is 0.173 e. The van der Waals surface area contributed by atoms with Gasteiger partial charge in [0.1, 0.15) is 14.2 Å². The van der Waals surface area contributed by atoms with Gasteiger partial charge in [0.05, 0.1) is 0 Å². The van der Waals surface area contributed by atoms with Crippen LogP contribution in [0.2, 0.25) is 0 Å². The van der Waals surface area contributed by atoms with E-state index in [2.05, 4.69) is 62.5 Å². The number of benzene rings is 1. The molecule has 6 nitrogen and oxygen atoms in total. The molecule has 0 fully saturated rings. The van der Waals surface area contributed by atoms with E-state index in [1.54, 1.807) is 14.2 Å². The van der Waals surface area contributed by atoms with Gasteiger partial charge in [0.2, 0.25) is 0 Å². The van der Waals surface area contributed by atoms with E-state index in [4.69, 9.17) is 9.68 Å². The molecule has 0 aliphatic carbocycles. The van der Waals surface area contributed by atoms with Crippen LogP contribution in [-0.2, 0) is 22.5 Å². The van der Waals surface area contributed by atoms with Gasteiger partial charge in [0.15, 0.2) is 11.7 Å². The van der Waals surface area contributed by atoms with Crippen molar-refractivity contribution in [2.45, 2.75) is 66.2 Å². The Bertz CT molecular complexity index is 660. The lowest BCUT2D eigenvalue weighted by Gasteiger charge is -2.30. The molecule has 0 heterocycles. The van der Waals surface area contributed by atoms with Crippen LogP contribution in [-0.4, -0.2) is 40.0 Å². The van der Waals surface area contributed by atoms with Gasteiger partial charge in [-0.3, -0.25) is 0 Å². The summed E-state index contributed by atoms with van der Waals surface area (Å²) in [5, 5.41) is 15.1. The summed E-state index contributed by atoms with van der Waals surface area (Å²) >= 11 is 0. The molecule has 6 heteroatoms. The van der Waals surface area contributed by atoms with Gasteiger partial charge in [-0.2, -0.15) is 0 Å². The fourth-order valence-corrected chi connectivity index (χ4v) is 4.06. The minimum Gasteiger partial charge on any atom is -0.397 e. The second kappa shape index (κ2) is 10.9. The topological polar surface area (TPSA) is 67.2 Å². The summed E-state index contributed by atoms with van der Waals surface area (Å²) in [4.78, 5) is 10.3. The Morgan fingerprint density at radius 3 is 1.25 bits per heavy atom. The van der Waals surface area contributed by atoms with E-state index in [-0.39, 0.29) is 0 Å². The number of oxime groups is 2. The number of hydrogen-bond donors (Lipinski definition) is 2. The average Bonchev–Trinajstić information content (AvgIpc) is 2.67. The van der Waals surface area contributed by atoms with Gasteiger partial charge in [0.25, 0.3) is 0 Å².